The molecule has 35 heavy (non-hydrogen) atoms. The standard InChI is InChI=1S/C29H36N2O4/c1-3-35-29(34)25-13-8-16-30(19-25)28(33)24-14-15-26(23-12-7-9-21(2)17-23)31(20-24)27(32)18-22-10-5-4-6-11-22/h4-7,9-12,17,24-26H,3,8,13-16,18-20H2,1-2H3/t24-,25-,26-/m1/s1. The van der Waals surface area contributed by atoms with Gasteiger partial charge < -0.3 is 14.5 Å². The fourth-order valence-electron chi connectivity index (χ4n) is 5.43. The summed E-state index contributed by atoms with van der Waals surface area (Å²) in [5.74, 6) is -0.626. The van der Waals surface area contributed by atoms with Crippen LogP contribution in [0.15, 0.2) is 54.6 Å². The molecule has 2 aromatic rings. The van der Waals surface area contributed by atoms with Crippen LogP contribution in [0.3, 0.4) is 0 Å². The average Bonchev–Trinajstić information content (AvgIpc) is 2.88. The third-order valence-electron chi connectivity index (χ3n) is 7.23. The van der Waals surface area contributed by atoms with Crippen LogP contribution in [0.1, 0.15) is 55.3 Å². The molecule has 2 aliphatic heterocycles. The quantitative estimate of drug-likeness (QED) is 0.583. The summed E-state index contributed by atoms with van der Waals surface area (Å²) in [4.78, 5) is 43.1. The van der Waals surface area contributed by atoms with Crippen LogP contribution in [0, 0.1) is 18.8 Å². The van der Waals surface area contributed by atoms with Gasteiger partial charge in [-0.1, -0.05) is 60.2 Å². The summed E-state index contributed by atoms with van der Waals surface area (Å²) in [7, 11) is 0. The molecule has 4 rings (SSSR count). The third kappa shape index (κ3) is 6.11. The van der Waals surface area contributed by atoms with Crippen LogP contribution in [0.2, 0.25) is 0 Å². The molecule has 0 aliphatic carbocycles. The summed E-state index contributed by atoms with van der Waals surface area (Å²) >= 11 is 0. The average molecular weight is 477 g/mol. The first-order valence-corrected chi connectivity index (χ1v) is 12.8. The maximum Gasteiger partial charge on any atom is 0.310 e. The smallest absolute Gasteiger partial charge is 0.310 e. The Morgan fingerprint density at radius 3 is 2.49 bits per heavy atom. The van der Waals surface area contributed by atoms with Gasteiger partial charge in [0.05, 0.1) is 30.9 Å². The van der Waals surface area contributed by atoms with Crippen molar-refractivity contribution in [2.75, 3.05) is 26.2 Å². The van der Waals surface area contributed by atoms with E-state index in [1.54, 1.807) is 6.92 Å². The number of ether oxygens (including phenoxy) is 1. The van der Waals surface area contributed by atoms with Crippen LogP contribution in [0.5, 0.6) is 0 Å². The normalized spacial score (nSPS) is 22.5. The molecule has 2 fully saturated rings. The van der Waals surface area contributed by atoms with Gasteiger partial charge in [0.25, 0.3) is 0 Å². The van der Waals surface area contributed by atoms with Crippen molar-refractivity contribution in [1.29, 1.82) is 0 Å². The molecular weight excluding hydrogens is 440 g/mol. The molecule has 0 saturated carbocycles. The second-order valence-corrected chi connectivity index (χ2v) is 9.79. The molecule has 2 aliphatic rings. The summed E-state index contributed by atoms with van der Waals surface area (Å²) in [5.41, 5.74) is 3.26. The number of piperidine rings is 2. The van der Waals surface area contributed by atoms with E-state index in [1.807, 2.05) is 46.2 Å². The zero-order chi connectivity index (χ0) is 24.8. The van der Waals surface area contributed by atoms with Gasteiger partial charge in [-0.3, -0.25) is 14.4 Å². The molecule has 2 amide bonds. The van der Waals surface area contributed by atoms with E-state index in [4.69, 9.17) is 4.74 Å². The molecule has 0 N–H and O–H groups in total. The third-order valence-corrected chi connectivity index (χ3v) is 7.23. The number of aryl methyl sites for hydroxylation is 1. The number of hydrogen-bond donors (Lipinski definition) is 0. The van der Waals surface area contributed by atoms with Gasteiger partial charge in [0.15, 0.2) is 0 Å². The Hall–Kier alpha value is -3.15. The highest BCUT2D eigenvalue weighted by molar-refractivity contribution is 5.83. The van der Waals surface area contributed by atoms with E-state index in [-0.39, 0.29) is 35.7 Å². The maximum atomic E-state index is 13.5. The second-order valence-electron chi connectivity index (χ2n) is 9.79. The highest BCUT2D eigenvalue weighted by Crippen LogP contribution is 2.35. The van der Waals surface area contributed by atoms with Crippen LogP contribution in [-0.2, 0) is 25.5 Å². The number of amides is 2. The summed E-state index contributed by atoms with van der Waals surface area (Å²) < 4.78 is 5.20. The van der Waals surface area contributed by atoms with Crippen LogP contribution in [0.4, 0.5) is 0 Å². The Morgan fingerprint density at radius 1 is 0.943 bits per heavy atom. The van der Waals surface area contributed by atoms with E-state index < -0.39 is 0 Å². The van der Waals surface area contributed by atoms with E-state index in [1.165, 1.54) is 0 Å². The van der Waals surface area contributed by atoms with Crippen molar-refractivity contribution < 1.29 is 19.1 Å². The summed E-state index contributed by atoms with van der Waals surface area (Å²) in [6.45, 7) is 5.69. The van der Waals surface area contributed by atoms with Crippen molar-refractivity contribution >= 4 is 17.8 Å². The largest absolute Gasteiger partial charge is 0.466 e. The Balaban J connectivity index is 1.51. The number of nitrogens with zero attached hydrogens (tertiary/aromatic N) is 2. The number of carbonyl (C=O) groups excluding carboxylic acids is 3. The lowest BCUT2D eigenvalue weighted by molar-refractivity contribution is -0.152. The second kappa shape index (κ2) is 11.5. The van der Waals surface area contributed by atoms with Crippen molar-refractivity contribution in [1.82, 2.24) is 9.80 Å². The first-order valence-electron chi connectivity index (χ1n) is 12.8. The number of likely N-dealkylation sites (tertiary alicyclic amines) is 2. The van der Waals surface area contributed by atoms with E-state index >= 15 is 0 Å². The lowest BCUT2D eigenvalue weighted by Gasteiger charge is -2.42. The van der Waals surface area contributed by atoms with Gasteiger partial charge >= 0.3 is 5.97 Å². The zero-order valence-corrected chi connectivity index (χ0v) is 20.8. The minimum atomic E-state index is -0.257. The van der Waals surface area contributed by atoms with E-state index in [2.05, 4.69) is 25.1 Å². The Kier molecular flexibility index (Phi) is 8.21. The van der Waals surface area contributed by atoms with Crippen LogP contribution in [-0.4, -0.2) is 53.8 Å². The van der Waals surface area contributed by atoms with Crippen LogP contribution in [0.25, 0.3) is 0 Å². The molecule has 0 unspecified atom stereocenters. The Labute approximate surface area is 208 Å². The molecular formula is C29H36N2O4. The fraction of sp³-hybridized carbons (Fsp3) is 0.483. The molecule has 6 heteroatoms. The predicted molar refractivity (Wildman–Crippen MR) is 134 cm³/mol. The summed E-state index contributed by atoms with van der Waals surface area (Å²) in [6.07, 6.45) is 3.34. The van der Waals surface area contributed by atoms with Gasteiger partial charge in [0.1, 0.15) is 0 Å². The molecule has 0 aromatic heterocycles. The minimum absolute atomic E-state index is 0.0381. The van der Waals surface area contributed by atoms with Crippen molar-refractivity contribution in [3.8, 4) is 0 Å². The van der Waals surface area contributed by atoms with Crippen LogP contribution < -0.4 is 0 Å². The van der Waals surface area contributed by atoms with Gasteiger partial charge in [-0.25, -0.2) is 0 Å². The SMILES string of the molecule is CCOC(=O)[C@@H]1CCCN(C(=O)[C@@H]2CC[C@H](c3cccc(C)c3)N(C(=O)Cc3ccccc3)C2)C1. The fourth-order valence-corrected chi connectivity index (χ4v) is 5.43. The maximum absolute atomic E-state index is 13.5. The molecule has 2 aromatic carbocycles. The zero-order valence-electron chi connectivity index (χ0n) is 20.8. The lowest BCUT2D eigenvalue weighted by atomic mass is 9.86. The van der Waals surface area contributed by atoms with Gasteiger partial charge in [-0.05, 0) is 50.7 Å². The summed E-state index contributed by atoms with van der Waals surface area (Å²) in [6, 6.07) is 18.0. The highest BCUT2D eigenvalue weighted by Gasteiger charge is 2.39. The number of rotatable bonds is 6. The molecule has 2 saturated heterocycles. The van der Waals surface area contributed by atoms with Gasteiger partial charge in [0.2, 0.25) is 11.8 Å². The van der Waals surface area contributed by atoms with E-state index in [0.29, 0.717) is 32.7 Å². The van der Waals surface area contributed by atoms with Gasteiger partial charge in [-0.15, -0.1) is 0 Å². The summed E-state index contributed by atoms with van der Waals surface area (Å²) in [5, 5.41) is 0. The number of benzene rings is 2. The number of hydrogen-bond acceptors (Lipinski definition) is 4. The number of carbonyl (C=O) groups is 3. The molecule has 0 radical (unpaired) electrons. The van der Waals surface area contributed by atoms with E-state index in [9.17, 15) is 14.4 Å². The topological polar surface area (TPSA) is 66.9 Å². The molecule has 0 bridgehead atoms. The molecule has 3 atom stereocenters. The van der Waals surface area contributed by atoms with Crippen molar-refractivity contribution in [2.45, 2.75) is 52.0 Å². The molecule has 6 nitrogen and oxygen atoms in total. The first kappa shape index (κ1) is 25.0. The highest BCUT2D eigenvalue weighted by atomic mass is 16.5. The molecule has 2 heterocycles. The predicted octanol–water partition coefficient (Wildman–Crippen LogP) is 4.32. The lowest BCUT2D eigenvalue weighted by Crippen LogP contribution is -2.51. The van der Waals surface area contributed by atoms with E-state index in [0.717, 1.165) is 42.4 Å². The first-order chi connectivity index (χ1) is 17.0. The van der Waals surface area contributed by atoms with Crippen molar-refractivity contribution in [3.05, 3.63) is 71.3 Å². The van der Waals surface area contributed by atoms with Crippen molar-refractivity contribution in [2.24, 2.45) is 11.8 Å². The molecule has 186 valence electrons. The van der Waals surface area contributed by atoms with Crippen LogP contribution >= 0.6 is 0 Å². The Bertz CT molecular complexity index is 1040. The monoisotopic (exact) mass is 476 g/mol. The minimum Gasteiger partial charge on any atom is -0.466 e. The Morgan fingerprint density at radius 2 is 1.74 bits per heavy atom. The molecule has 0 spiro atoms. The number of esters is 1. The van der Waals surface area contributed by atoms with Crippen molar-refractivity contribution in [3.63, 3.8) is 0 Å². The van der Waals surface area contributed by atoms with Gasteiger partial charge in [-0.2, -0.15) is 0 Å². The van der Waals surface area contributed by atoms with Gasteiger partial charge in [0, 0.05) is 19.6 Å².